The van der Waals surface area contributed by atoms with E-state index in [0.717, 1.165) is 5.52 Å². The fourth-order valence-electron chi connectivity index (χ4n) is 1.69. The van der Waals surface area contributed by atoms with Gasteiger partial charge in [0, 0.05) is 18.7 Å². The molecular weight excluding hydrogens is 252 g/mol. The zero-order chi connectivity index (χ0) is 13.3. The van der Waals surface area contributed by atoms with Gasteiger partial charge in [-0.1, -0.05) is 12.1 Å². The van der Waals surface area contributed by atoms with Crippen molar-refractivity contribution >= 4 is 20.9 Å². The van der Waals surface area contributed by atoms with Crippen LogP contribution in [0.25, 0.3) is 11.1 Å². The summed E-state index contributed by atoms with van der Waals surface area (Å²) < 4.78 is 28.3. The van der Waals surface area contributed by atoms with Crippen molar-refractivity contribution in [1.82, 2.24) is 4.98 Å². The van der Waals surface area contributed by atoms with Gasteiger partial charge in [-0.05, 0) is 19.1 Å². The summed E-state index contributed by atoms with van der Waals surface area (Å²) in [6, 6.07) is 6.86. The number of benzene rings is 1. The summed E-state index contributed by atoms with van der Waals surface area (Å²) in [7, 11) is -3.15. The molecule has 0 fully saturated rings. The van der Waals surface area contributed by atoms with E-state index in [1.807, 2.05) is 24.3 Å². The molecule has 2 unspecified atom stereocenters. The highest BCUT2D eigenvalue weighted by molar-refractivity contribution is 7.91. The van der Waals surface area contributed by atoms with Gasteiger partial charge >= 0.3 is 0 Å². The number of aromatic nitrogens is 1. The molecule has 0 saturated heterocycles. The smallest absolute Gasteiger partial charge is 0.197 e. The molecule has 98 valence electrons. The predicted octanol–water partition coefficient (Wildman–Crippen LogP) is 1.13. The molecule has 2 rings (SSSR count). The first-order valence-electron chi connectivity index (χ1n) is 5.67. The van der Waals surface area contributed by atoms with E-state index in [1.165, 1.54) is 6.26 Å². The molecule has 6 heteroatoms. The number of nitrogens with two attached hydrogens (primary N) is 1. The van der Waals surface area contributed by atoms with Crippen molar-refractivity contribution in [3.63, 3.8) is 0 Å². The van der Waals surface area contributed by atoms with Crippen LogP contribution in [0.5, 0.6) is 0 Å². The van der Waals surface area contributed by atoms with Crippen molar-refractivity contribution in [3.8, 4) is 0 Å². The van der Waals surface area contributed by atoms with Crippen LogP contribution < -0.4 is 5.73 Å². The second-order valence-electron chi connectivity index (χ2n) is 4.48. The monoisotopic (exact) mass is 268 g/mol. The Hall–Kier alpha value is -1.40. The molecule has 2 N–H and O–H groups in total. The van der Waals surface area contributed by atoms with Crippen LogP contribution in [0.15, 0.2) is 28.7 Å². The first-order chi connectivity index (χ1) is 8.38. The van der Waals surface area contributed by atoms with Gasteiger partial charge in [-0.15, -0.1) is 0 Å². The fraction of sp³-hybridized carbons (Fsp3) is 0.417. The number of para-hydroxylation sites is 2. The normalized spacial score (nSPS) is 15.7. The predicted molar refractivity (Wildman–Crippen MR) is 70.0 cm³/mol. The minimum atomic E-state index is -3.15. The summed E-state index contributed by atoms with van der Waals surface area (Å²) in [4.78, 5) is 4.28. The third-order valence-corrected chi connectivity index (χ3v) is 4.73. The lowest BCUT2D eigenvalue weighted by atomic mass is 10.1. The van der Waals surface area contributed by atoms with E-state index in [4.69, 9.17) is 10.2 Å². The molecular formula is C12H16N2O3S. The maximum Gasteiger partial charge on any atom is 0.197 e. The number of nitrogens with zero attached hydrogens (tertiary/aromatic N) is 1. The van der Waals surface area contributed by atoms with Gasteiger partial charge in [-0.3, -0.25) is 0 Å². The van der Waals surface area contributed by atoms with E-state index in [2.05, 4.69) is 4.98 Å². The lowest BCUT2D eigenvalue weighted by Crippen LogP contribution is -2.39. The summed E-state index contributed by atoms with van der Waals surface area (Å²) in [5.41, 5.74) is 7.32. The Bertz CT molecular complexity index is 615. The number of hydrogen-bond donors (Lipinski definition) is 1. The first kappa shape index (κ1) is 13.0. The van der Waals surface area contributed by atoms with E-state index < -0.39 is 21.1 Å². The van der Waals surface area contributed by atoms with E-state index in [0.29, 0.717) is 17.9 Å². The van der Waals surface area contributed by atoms with Gasteiger partial charge in [0.15, 0.2) is 21.3 Å². The van der Waals surface area contributed by atoms with Crippen molar-refractivity contribution in [3.05, 3.63) is 30.2 Å². The summed E-state index contributed by atoms with van der Waals surface area (Å²) >= 11 is 0. The van der Waals surface area contributed by atoms with Crippen LogP contribution in [-0.2, 0) is 16.3 Å². The van der Waals surface area contributed by atoms with Gasteiger partial charge in [0.05, 0.1) is 5.25 Å². The Kier molecular flexibility index (Phi) is 3.41. The quantitative estimate of drug-likeness (QED) is 0.898. The molecule has 1 aromatic heterocycles. The summed E-state index contributed by atoms with van der Waals surface area (Å²) in [6.45, 7) is 1.60. The summed E-state index contributed by atoms with van der Waals surface area (Å²) in [5.74, 6) is 0.471. The Balaban J connectivity index is 2.19. The molecule has 2 aromatic rings. The standard InChI is InChI=1S/C12H16N2O3S/c1-8(18(2,15)16)9(13)7-12-14-10-5-3-4-6-11(10)17-12/h3-6,8-9H,7,13H2,1-2H3. The van der Waals surface area contributed by atoms with Crippen molar-refractivity contribution in [1.29, 1.82) is 0 Å². The largest absolute Gasteiger partial charge is 0.441 e. The minimum absolute atomic E-state index is 0.308. The van der Waals surface area contributed by atoms with Gasteiger partial charge in [0.25, 0.3) is 0 Å². The highest BCUT2D eigenvalue weighted by Gasteiger charge is 2.24. The Morgan fingerprint density at radius 1 is 1.39 bits per heavy atom. The van der Waals surface area contributed by atoms with Crippen LogP contribution in [0, 0.1) is 0 Å². The van der Waals surface area contributed by atoms with E-state index >= 15 is 0 Å². The van der Waals surface area contributed by atoms with Crippen molar-refractivity contribution in [2.24, 2.45) is 5.73 Å². The Labute approximate surface area is 106 Å². The molecule has 0 aliphatic heterocycles. The van der Waals surface area contributed by atoms with Crippen LogP contribution >= 0.6 is 0 Å². The highest BCUT2D eigenvalue weighted by atomic mass is 32.2. The summed E-state index contributed by atoms with van der Waals surface area (Å²) in [6.07, 6.45) is 1.49. The Morgan fingerprint density at radius 3 is 2.67 bits per heavy atom. The van der Waals surface area contributed by atoms with E-state index in [-0.39, 0.29) is 0 Å². The zero-order valence-corrected chi connectivity index (χ0v) is 11.1. The second-order valence-corrected chi connectivity index (χ2v) is 6.88. The average Bonchev–Trinajstić information content (AvgIpc) is 2.68. The first-order valence-corrected chi connectivity index (χ1v) is 7.62. The number of hydrogen-bond acceptors (Lipinski definition) is 5. The van der Waals surface area contributed by atoms with Gasteiger partial charge in [0.1, 0.15) is 5.52 Å². The molecule has 0 spiro atoms. The molecule has 0 amide bonds. The molecule has 0 aliphatic rings. The van der Waals surface area contributed by atoms with Crippen LogP contribution in [0.2, 0.25) is 0 Å². The molecule has 0 saturated carbocycles. The fourth-order valence-corrected chi connectivity index (χ4v) is 2.42. The van der Waals surface area contributed by atoms with Gasteiger partial charge < -0.3 is 10.2 Å². The Morgan fingerprint density at radius 2 is 2.06 bits per heavy atom. The molecule has 1 heterocycles. The van der Waals surface area contributed by atoms with Crippen LogP contribution in [0.1, 0.15) is 12.8 Å². The SMILES string of the molecule is CC(C(N)Cc1nc2ccccc2o1)S(C)(=O)=O. The third kappa shape index (κ3) is 2.70. The number of rotatable bonds is 4. The molecule has 0 bridgehead atoms. The molecule has 5 nitrogen and oxygen atoms in total. The average molecular weight is 268 g/mol. The highest BCUT2D eigenvalue weighted by Crippen LogP contribution is 2.16. The van der Waals surface area contributed by atoms with Crippen molar-refractivity contribution in [2.75, 3.05) is 6.26 Å². The third-order valence-electron chi connectivity index (χ3n) is 3.03. The van der Waals surface area contributed by atoms with E-state index in [9.17, 15) is 8.42 Å². The van der Waals surface area contributed by atoms with Gasteiger partial charge in [-0.2, -0.15) is 0 Å². The lowest BCUT2D eigenvalue weighted by molar-refractivity contribution is 0.486. The molecule has 1 aromatic carbocycles. The maximum atomic E-state index is 11.4. The van der Waals surface area contributed by atoms with Gasteiger partial charge in [0.2, 0.25) is 0 Å². The van der Waals surface area contributed by atoms with Crippen LogP contribution in [0.3, 0.4) is 0 Å². The molecule has 18 heavy (non-hydrogen) atoms. The number of sulfone groups is 1. The minimum Gasteiger partial charge on any atom is -0.441 e. The molecule has 2 atom stereocenters. The topological polar surface area (TPSA) is 86.2 Å². The lowest BCUT2D eigenvalue weighted by Gasteiger charge is -2.16. The van der Waals surface area contributed by atoms with Crippen molar-refractivity contribution in [2.45, 2.75) is 24.6 Å². The van der Waals surface area contributed by atoms with Crippen LogP contribution in [-0.4, -0.2) is 30.9 Å². The van der Waals surface area contributed by atoms with Gasteiger partial charge in [-0.25, -0.2) is 13.4 Å². The maximum absolute atomic E-state index is 11.4. The zero-order valence-electron chi connectivity index (χ0n) is 10.3. The second kappa shape index (κ2) is 4.70. The number of fused-ring (bicyclic) bond motifs is 1. The summed E-state index contributed by atoms with van der Waals surface area (Å²) in [5, 5.41) is -0.618. The molecule has 0 radical (unpaired) electrons. The van der Waals surface area contributed by atoms with Crippen LogP contribution in [0.4, 0.5) is 0 Å². The van der Waals surface area contributed by atoms with E-state index in [1.54, 1.807) is 6.92 Å². The molecule has 0 aliphatic carbocycles. The van der Waals surface area contributed by atoms with Crippen molar-refractivity contribution < 1.29 is 12.8 Å². The number of oxazole rings is 1.